The summed E-state index contributed by atoms with van der Waals surface area (Å²) in [6, 6.07) is 8.85. The van der Waals surface area contributed by atoms with Crippen molar-refractivity contribution in [2.24, 2.45) is 17.8 Å². The fraction of sp³-hybridized carbons (Fsp3) is 0.308. The number of hydrogen-bond acceptors (Lipinski definition) is 5. The molecule has 0 saturated heterocycles. The molecule has 4 aromatic rings. The molecule has 2 bridgehead atoms. The van der Waals surface area contributed by atoms with Gasteiger partial charge in [-0.3, -0.25) is 4.79 Å². The molecule has 0 spiro atoms. The molecule has 0 amide bonds. The Balaban J connectivity index is 1.52. The molecule has 7 rings (SSSR count). The van der Waals surface area contributed by atoms with Crippen LogP contribution in [0.25, 0.3) is 33.2 Å². The Morgan fingerprint density at radius 3 is 2.60 bits per heavy atom. The number of halogens is 2. The number of benzene rings is 2. The average molecular weight is 473 g/mol. The van der Waals surface area contributed by atoms with Crippen LogP contribution < -0.4 is 5.32 Å². The zero-order valence-electron chi connectivity index (χ0n) is 18.6. The van der Waals surface area contributed by atoms with Gasteiger partial charge in [0.05, 0.1) is 28.6 Å². The van der Waals surface area contributed by atoms with Crippen molar-refractivity contribution in [1.82, 2.24) is 15.0 Å². The molecule has 0 radical (unpaired) electrons. The van der Waals surface area contributed by atoms with Gasteiger partial charge in [0.15, 0.2) is 5.82 Å². The molecule has 2 unspecified atom stereocenters. The topological polar surface area (TPSA) is 115 Å². The normalized spacial score (nSPS) is 23.5. The number of aliphatic carboxylic acids is 1. The average Bonchev–Trinajstić information content (AvgIpc) is 3.28. The lowest BCUT2D eigenvalue weighted by molar-refractivity contribution is -0.148. The fourth-order valence-electron chi connectivity index (χ4n) is 5.94. The number of fused-ring (bicyclic) bond motifs is 5. The van der Waals surface area contributed by atoms with Crippen LogP contribution in [0.3, 0.4) is 0 Å². The second-order valence-corrected chi connectivity index (χ2v) is 9.46. The van der Waals surface area contributed by atoms with Gasteiger partial charge in [-0.2, -0.15) is 5.26 Å². The van der Waals surface area contributed by atoms with E-state index in [1.165, 1.54) is 12.3 Å². The molecule has 3 aliphatic carbocycles. The molecule has 3 saturated carbocycles. The van der Waals surface area contributed by atoms with Gasteiger partial charge >= 0.3 is 5.97 Å². The van der Waals surface area contributed by atoms with Gasteiger partial charge in [-0.15, -0.1) is 0 Å². The number of H-pyrrole nitrogens is 1. The van der Waals surface area contributed by atoms with Gasteiger partial charge in [0.1, 0.15) is 17.5 Å². The Morgan fingerprint density at radius 1 is 1.09 bits per heavy atom. The number of carboxylic acids is 1. The zero-order valence-corrected chi connectivity index (χ0v) is 18.6. The van der Waals surface area contributed by atoms with Crippen LogP contribution in [0.4, 0.5) is 14.6 Å². The predicted molar refractivity (Wildman–Crippen MR) is 125 cm³/mol. The van der Waals surface area contributed by atoms with Gasteiger partial charge in [0.2, 0.25) is 0 Å². The Kier molecular flexibility index (Phi) is 4.92. The number of aromatic amines is 1. The van der Waals surface area contributed by atoms with Crippen LogP contribution in [0, 0.1) is 40.7 Å². The summed E-state index contributed by atoms with van der Waals surface area (Å²) in [6.07, 6.45) is 5.24. The molecule has 2 aromatic heterocycles. The summed E-state index contributed by atoms with van der Waals surface area (Å²) in [4.78, 5) is 24.3. The first-order chi connectivity index (χ1) is 16.9. The first-order valence-corrected chi connectivity index (χ1v) is 11.6. The molecule has 2 atom stereocenters. The maximum Gasteiger partial charge on any atom is 0.308 e. The van der Waals surface area contributed by atoms with Crippen LogP contribution in [0.1, 0.15) is 31.2 Å². The summed E-state index contributed by atoms with van der Waals surface area (Å²) in [6.45, 7) is 0. The molecule has 2 aromatic carbocycles. The zero-order chi connectivity index (χ0) is 24.3. The molecular weight excluding hydrogens is 452 g/mol. The molecule has 3 aliphatic rings. The first kappa shape index (κ1) is 21.5. The maximum atomic E-state index is 14.3. The molecule has 176 valence electrons. The minimum absolute atomic E-state index is 0.108. The highest BCUT2D eigenvalue weighted by Gasteiger charge is 2.47. The van der Waals surface area contributed by atoms with Crippen molar-refractivity contribution in [3.8, 4) is 17.5 Å². The number of nitriles is 1. The molecule has 0 aliphatic heterocycles. The molecule has 9 heteroatoms. The number of nitrogens with one attached hydrogen (secondary N) is 2. The van der Waals surface area contributed by atoms with Gasteiger partial charge in [-0.1, -0.05) is 0 Å². The lowest BCUT2D eigenvalue weighted by atomic mass is 9.61. The number of carboxylic acid groups (broad SMARTS) is 1. The van der Waals surface area contributed by atoms with E-state index in [4.69, 9.17) is 4.98 Å². The van der Waals surface area contributed by atoms with Crippen LogP contribution in [0.5, 0.6) is 0 Å². The number of nitrogens with zero attached hydrogens (tertiary/aromatic N) is 3. The largest absolute Gasteiger partial charge is 0.481 e. The number of aromatic nitrogens is 3. The van der Waals surface area contributed by atoms with Gasteiger partial charge in [0.25, 0.3) is 0 Å². The second-order valence-electron chi connectivity index (χ2n) is 9.46. The quantitative estimate of drug-likeness (QED) is 0.374. The number of rotatable bonds is 4. The van der Waals surface area contributed by atoms with Crippen molar-refractivity contribution in [2.75, 3.05) is 5.32 Å². The lowest BCUT2D eigenvalue weighted by Gasteiger charge is -2.47. The third-order valence-electron chi connectivity index (χ3n) is 7.58. The Labute approximate surface area is 198 Å². The maximum absolute atomic E-state index is 14.3. The summed E-state index contributed by atoms with van der Waals surface area (Å²) in [5.74, 6) is -1.82. The predicted octanol–water partition coefficient (Wildman–Crippen LogP) is 5.23. The standard InChI is InChI=1S/C26H21F2N5O2/c27-15-8-16-18(11-30-23(16)19(28)9-15)25-31-20-6-1-12(10-29)7-17(20)24(33-25)32-22-14-4-2-13(3-5-14)21(22)26(34)35/h1,6-9,11,13-14,21-22,30H,2-5H2,(H,34,35)(H,31,32,33). The summed E-state index contributed by atoms with van der Waals surface area (Å²) < 4.78 is 28.3. The number of carbonyl (C=O) groups is 1. The van der Waals surface area contributed by atoms with Crippen LogP contribution in [-0.4, -0.2) is 32.1 Å². The summed E-state index contributed by atoms with van der Waals surface area (Å²) in [7, 11) is 0. The molecular formula is C26H21F2N5O2. The Bertz CT molecular complexity index is 1530. The summed E-state index contributed by atoms with van der Waals surface area (Å²) in [5.41, 5.74) is 1.53. The highest BCUT2D eigenvalue weighted by molar-refractivity contribution is 5.97. The van der Waals surface area contributed by atoms with Gasteiger partial charge in [0, 0.05) is 34.6 Å². The van der Waals surface area contributed by atoms with Gasteiger partial charge in [-0.25, -0.2) is 18.7 Å². The summed E-state index contributed by atoms with van der Waals surface area (Å²) in [5, 5.41) is 23.7. The van der Waals surface area contributed by atoms with Crippen molar-refractivity contribution in [3.63, 3.8) is 0 Å². The van der Waals surface area contributed by atoms with E-state index in [1.54, 1.807) is 18.2 Å². The minimum Gasteiger partial charge on any atom is -0.481 e. The van der Waals surface area contributed by atoms with E-state index in [-0.39, 0.29) is 29.2 Å². The third kappa shape index (κ3) is 3.48. The van der Waals surface area contributed by atoms with E-state index in [0.717, 1.165) is 31.7 Å². The van der Waals surface area contributed by atoms with Crippen LogP contribution >= 0.6 is 0 Å². The summed E-state index contributed by atoms with van der Waals surface area (Å²) >= 11 is 0. The fourth-order valence-corrected chi connectivity index (χ4v) is 5.94. The van der Waals surface area contributed by atoms with E-state index in [9.17, 15) is 23.9 Å². The van der Waals surface area contributed by atoms with Crippen molar-refractivity contribution in [2.45, 2.75) is 31.7 Å². The van der Waals surface area contributed by atoms with Crippen LogP contribution in [0.15, 0.2) is 36.5 Å². The number of anilines is 1. The van der Waals surface area contributed by atoms with Crippen molar-refractivity contribution in [1.29, 1.82) is 5.26 Å². The second kappa shape index (κ2) is 8.01. The lowest BCUT2D eigenvalue weighted by Crippen LogP contribution is -2.51. The van der Waals surface area contributed by atoms with Crippen molar-refractivity contribution >= 4 is 33.6 Å². The van der Waals surface area contributed by atoms with Gasteiger partial charge in [-0.05, 0) is 61.8 Å². The highest BCUT2D eigenvalue weighted by atomic mass is 19.1. The Morgan fingerprint density at radius 2 is 1.86 bits per heavy atom. The van der Waals surface area contributed by atoms with E-state index >= 15 is 0 Å². The van der Waals surface area contributed by atoms with E-state index in [0.29, 0.717) is 33.2 Å². The van der Waals surface area contributed by atoms with Crippen LogP contribution in [-0.2, 0) is 4.79 Å². The molecule has 3 fully saturated rings. The Hall–Kier alpha value is -4.06. The van der Waals surface area contributed by atoms with Crippen molar-refractivity contribution in [3.05, 3.63) is 53.7 Å². The SMILES string of the molecule is N#Cc1ccc2nc(-c3c[nH]c4c(F)cc(F)cc34)nc(NC3C4CCC(CC4)C3C(=O)O)c2c1. The number of hydrogen-bond donors (Lipinski definition) is 3. The minimum atomic E-state index is -0.823. The third-order valence-corrected chi connectivity index (χ3v) is 7.58. The van der Waals surface area contributed by atoms with Crippen molar-refractivity contribution < 1.29 is 18.7 Å². The van der Waals surface area contributed by atoms with E-state index in [2.05, 4.69) is 21.4 Å². The van der Waals surface area contributed by atoms with E-state index < -0.39 is 23.5 Å². The molecule has 2 heterocycles. The van der Waals surface area contributed by atoms with E-state index in [1.807, 2.05) is 0 Å². The molecule has 35 heavy (non-hydrogen) atoms. The molecule has 7 nitrogen and oxygen atoms in total. The van der Waals surface area contributed by atoms with Gasteiger partial charge < -0.3 is 15.4 Å². The first-order valence-electron chi connectivity index (χ1n) is 11.6. The highest BCUT2D eigenvalue weighted by Crippen LogP contribution is 2.46. The smallest absolute Gasteiger partial charge is 0.308 e. The van der Waals surface area contributed by atoms with Crippen LogP contribution in [0.2, 0.25) is 0 Å². The molecule has 3 N–H and O–H groups in total. The monoisotopic (exact) mass is 473 g/mol.